The van der Waals surface area contributed by atoms with Gasteiger partial charge in [0.15, 0.2) is 5.65 Å². The first kappa shape index (κ1) is 15.4. The molecule has 0 fully saturated rings. The Balaban J connectivity index is 1.99. The Morgan fingerprint density at radius 1 is 1.22 bits per heavy atom. The Kier molecular flexibility index (Phi) is 4.25. The topological polar surface area (TPSA) is 58.9 Å². The van der Waals surface area contributed by atoms with Crippen LogP contribution in [0.15, 0.2) is 36.8 Å². The van der Waals surface area contributed by atoms with E-state index in [1.54, 1.807) is 11.0 Å². The molecule has 23 heavy (non-hydrogen) atoms. The molecule has 3 rings (SSSR count). The molecule has 0 saturated heterocycles. The van der Waals surface area contributed by atoms with Gasteiger partial charge in [0, 0.05) is 13.6 Å². The Labute approximate surface area is 136 Å². The summed E-state index contributed by atoms with van der Waals surface area (Å²) in [6.07, 6.45) is 3.39. The lowest BCUT2D eigenvalue weighted by molar-refractivity contribution is 0.386. The minimum absolute atomic E-state index is 0.143. The van der Waals surface area contributed by atoms with Crippen LogP contribution in [0.2, 0.25) is 0 Å². The lowest BCUT2D eigenvalue weighted by Crippen LogP contribution is -2.26. The molecule has 2 aromatic heterocycles. The van der Waals surface area contributed by atoms with Crippen molar-refractivity contribution in [3.8, 4) is 0 Å². The smallest absolute Gasteiger partial charge is 0.163 e. The average molecular weight is 310 g/mol. The van der Waals surface area contributed by atoms with E-state index in [1.165, 1.54) is 11.1 Å². The Bertz CT molecular complexity index is 808. The van der Waals surface area contributed by atoms with Crippen molar-refractivity contribution < 1.29 is 0 Å². The van der Waals surface area contributed by atoms with E-state index in [2.05, 4.69) is 70.6 Å². The monoisotopic (exact) mass is 310 g/mol. The second kappa shape index (κ2) is 6.34. The third kappa shape index (κ3) is 3.17. The normalized spacial score (nSPS) is 12.7. The Hall–Kier alpha value is -2.47. The number of rotatable bonds is 5. The van der Waals surface area contributed by atoms with Gasteiger partial charge in [0.05, 0.1) is 17.6 Å². The van der Waals surface area contributed by atoms with E-state index in [-0.39, 0.29) is 6.04 Å². The molecular weight excluding hydrogens is 288 g/mol. The summed E-state index contributed by atoms with van der Waals surface area (Å²) < 4.78 is 1.76. The summed E-state index contributed by atoms with van der Waals surface area (Å²) >= 11 is 0. The lowest BCUT2D eigenvalue weighted by Gasteiger charge is -2.25. The van der Waals surface area contributed by atoms with Gasteiger partial charge in [-0.15, -0.1) is 0 Å². The van der Waals surface area contributed by atoms with E-state index in [0.29, 0.717) is 0 Å². The van der Waals surface area contributed by atoms with Gasteiger partial charge in [-0.3, -0.25) is 4.68 Å². The number of nitrogens with one attached hydrogen (secondary N) is 1. The van der Waals surface area contributed by atoms with Crippen LogP contribution in [0.25, 0.3) is 11.0 Å². The van der Waals surface area contributed by atoms with Crippen molar-refractivity contribution in [2.75, 3.05) is 26.0 Å². The molecule has 1 atom stereocenters. The average Bonchev–Trinajstić information content (AvgIpc) is 2.89. The van der Waals surface area contributed by atoms with E-state index in [4.69, 9.17) is 0 Å². The van der Waals surface area contributed by atoms with Gasteiger partial charge < -0.3 is 10.2 Å². The molecule has 120 valence electrons. The van der Waals surface area contributed by atoms with Crippen LogP contribution in [-0.4, -0.2) is 45.3 Å². The highest BCUT2D eigenvalue weighted by Crippen LogP contribution is 2.25. The first-order chi connectivity index (χ1) is 11.1. The van der Waals surface area contributed by atoms with Crippen LogP contribution >= 0.6 is 0 Å². The zero-order valence-electron chi connectivity index (χ0n) is 14.0. The van der Waals surface area contributed by atoms with Crippen LogP contribution < -0.4 is 5.32 Å². The van der Waals surface area contributed by atoms with Crippen LogP contribution in [0, 0.1) is 6.92 Å². The van der Waals surface area contributed by atoms with Gasteiger partial charge in [0.1, 0.15) is 12.1 Å². The molecule has 0 bridgehead atoms. The van der Waals surface area contributed by atoms with E-state index in [0.717, 1.165) is 23.4 Å². The van der Waals surface area contributed by atoms with Crippen LogP contribution in [0.4, 0.5) is 5.82 Å². The van der Waals surface area contributed by atoms with Gasteiger partial charge in [-0.05, 0) is 32.1 Å². The quantitative estimate of drug-likeness (QED) is 0.784. The van der Waals surface area contributed by atoms with Gasteiger partial charge in [-0.25, -0.2) is 9.97 Å². The van der Waals surface area contributed by atoms with Crippen molar-refractivity contribution in [2.45, 2.75) is 13.0 Å². The largest absolute Gasteiger partial charge is 0.361 e. The number of likely N-dealkylation sites (N-methyl/N-ethyl adjacent to an activating group) is 1. The molecule has 0 aliphatic rings. The fraction of sp³-hybridized carbons (Fsp3) is 0.353. The Morgan fingerprint density at radius 2 is 2.00 bits per heavy atom. The molecule has 0 amide bonds. The summed E-state index contributed by atoms with van der Waals surface area (Å²) in [6, 6.07) is 8.59. The van der Waals surface area contributed by atoms with Gasteiger partial charge in [-0.2, -0.15) is 5.10 Å². The molecule has 0 radical (unpaired) electrons. The highest BCUT2D eigenvalue weighted by Gasteiger charge is 2.17. The molecule has 0 aliphatic heterocycles. The summed E-state index contributed by atoms with van der Waals surface area (Å²) in [5, 5.41) is 8.79. The molecule has 0 saturated carbocycles. The SMILES string of the molecule is Cc1ccccc1C(CN(C)C)Nc1ncnc2c1cnn2C. The summed E-state index contributed by atoms with van der Waals surface area (Å²) in [4.78, 5) is 10.9. The zero-order valence-corrected chi connectivity index (χ0v) is 14.0. The minimum atomic E-state index is 0.143. The van der Waals surface area contributed by atoms with E-state index < -0.39 is 0 Å². The number of aromatic nitrogens is 4. The summed E-state index contributed by atoms with van der Waals surface area (Å²) in [5.74, 6) is 0.818. The van der Waals surface area contributed by atoms with Crippen LogP contribution in [0.1, 0.15) is 17.2 Å². The maximum absolute atomic E-state index is 4.43. The van der Waals surface area contributed by atoms with E-state index in [1.807, 2.05) is 13.2 Å². The van der Waals surface area contributed by atoms with Crippen molar-refractivity contribution >= 4 is 16.9 Å². The molecule has 0 spiro atoms. The molecule has 2 heterocycles. The van der Waals surface area contributed by atoms with Crippen molar-refractivity contribution in [3.63, 3.8) is 0 Å². The van der Waals surface area contributed by atoms with Gasteiger partial charge in [-0.1, -0.05) is 24.3 Å². The summed E-state index contributed by atoms with van der Waals surface area (Å²) in [6.45, 7) is 3.01. The molecule has 0 aliphatic carbocycles. The van der Waals surface area contributed by atoms with Crippen molar-refractivity contribution in [3.05, 3.63) is 47.9 Å². The summed E-state index contributed by atoms with van der Waals surface area (Å²) in [5.41, 5.74) is 3.37. The van der Waals surface area contributed by atoms with Crippen LogP contribution in [-0.2, 0) is 7.05 Å². The highest BCUT2D eigenvalue weighted by atomic mass is 15.3. The standard InChI is InChI=1S/C17H22N6/c1-12-7-5-6-8-13(12)15(10-22(2)3)21-16-14-9-20-23(4)17(14)19-11-18-16/h5-9,11,15H,10H2,1-4H3,(H,18,19,21). The van der Waals surface area contributed by atoms with Crippen LogP contribution in [0.3, 0.4) is 0 Å². The first-order valence-electron chi connectivity index (χ1n) is 7.65. The lowest BCUT2D eigenvalue weighted by atomic mass is 10.0. The number of nitrogens with zero attached hydrogens (tertiary/aromatic N) is 5. The first-order valence-corrected chi connectivity index (χ1v) is 7.65. The molecule has 3 aromatic rings. The van der Waals surface area contributed by atoms with Crippen molar-refractivity contribution in [2.24, 2.45) is 7.05 Å². The van der Waals surface area contributed by atoms with Crippen LogP contribution in [0.5, 0.6) is 0 Å². The second-order valence-electron chi connectivity index (χ2n) is 6.04. The number of benzene rings is 1. The third-order valence-electron chi connectivity index (χ3n) is 3.95. The maximum atomic E-state index is 4.43. The van der Waals surface area contributed by atoms with E-state index >= 15 is 0 Å². The van der Waals surface area contributed by atoms with Gasteiger partial charge >= 0.3 is 0 Å². The molecule has 1 unspecified atom stereocenters. The zero-order chi connectivity index (χ0) is 16.4. The second-order valence-corrected chi connectivity index (χ2v) is 6.04. The molecular formula is C17H22N6. The van der Waals surface area contributed by atoms with Crippen molar-refractivity contribution in [1.82, 2.24) is 24.6 Å². The number of aryl methyl sites for hydroxylation is 2. The number of fused-ring (bicyclic) bond motifs is 1. The van der Waals surface area contributed by atoms with Gasteiger partial charge in [0.2, 0.25) is 0 Å². The summed E-state index contributed by atoms with van der Waals surface area (Å²) in [7, 11) is 6.04. The fourth-order valence-electron chi connectivity index (χ4n) is 2.81. The predicted octanol–water partition coefficient (Wildman–Crippen LogP) is 2.39. The number of hydrogen-bond donors (Lipinski definition) is 1. The van der Waals surface area contributed by atoms with Crippen molar-refractivity contribution in [1.29, 1.82) is 0 Å². The number of hydrogen-bond acceptors (Lipinski definition) is 5. The third-order valence-corrected chi connectivity index (χ3v) is 3.95. The fourth-order valence-corrected chi connectivity index (χ4v) is 2.81. The molecule has 6 heteroatoms. The minimum Gasteiger partial charge on any atom is -0.361 e. The Morgan fingerprint density at radius 3 is 2.74 bits per heavy atom. The van der Waals surface area contributed by atoms with E-state index in [9.17, 15) is 0 Å². The highest BCUT2D eigenvalue weighted by molar-refractivity contribution is 5.86. The predicted molar refractivity (Wildman–Crippen MR) is 92.4 cm³/mol. The molecule has 6 nitrogen and oxygen atoms in total. The van der Waals surface area contributed by atoms with Gasteiger partial charge in [0.25, 0.3) is 0 Å². The molecule has 1 N–H and O–H groups in total. The maximum Gasteiger partial charge on any atom is 0.163 e. The molecule has 1 aromatic carbocycles. The number of anilines is 1.